The summed E-state index contributed by atoms with van der Waals surface area (Å²) >= 11 is 0. The van der Waals surface area contributed by atoms with Gasteiger partial charge in [0.2, 0.25) is 11.8 Å². The lowest BCUT2D eigenvalue weighted by atomic mass is 10.1. The topological polar surface area (TPSA) is 86.7 Å². The molecule has 7 nitrogen and oxygen atoms in total. The number of carbonyl (C=O) groups excluding carboxylic acids is 1. The van der Waals surface area contributed by atoms with Crippen LogP contribution < -0.4 is 14.8 Å². The van der Waals surface area contributed by atoms with Crippen molar-refractivity contribution in [2.45, 2.75) is 6.42 Å². The van der Waals surface area contributed by atoms with E-state index in [1.807, 2.05) is 0 Å². The molecule has 7 heteroatoms. The highest BCUT2D eigenvalue weighted by atomic mass is 16.5. The molecule has 3 rings (SSSR count). The Morgan fingerprint density at radius 3 is 2.71 bits per heavy atom. The van der Waals surface area contributed by atoms with Gasteiger partial charge in [-0.3, -0.25) is 10.1 Å². The van der Waals surface area contributed by atoms with E-state index in [-0.39, 0.29) is 18.2 Å². The second-order valence-electron chi connectivity index (χ2n) is 4.97. The Morgan fingerprint density at radius 1 is 1.17 bits per heavy atom. The Labute approximate surface area is 138 Å². The standard InChI is InChI=1S/C17H16N2O5/c1-21-14-6-5-11(8-15(14)22-2)9-16(20)18-17-10-12(19-24-17)13-4-3-7-23-13/h3-8,10H,9H2,1-2H3,(H,18,20). The number of methoxy groups -OCH3 is 2. The van der Waals surface area contributed by atoms with Crippen molar-refractivity contribution in [3.05, 3.63) is 48.2 Å². The number of carbonyl (C=O) groups is 1. The summed E-state index contributed by atoms with van der Waals surface area (Å²) in [5.41, 5.74) is 1.30. The Bertz CT molecular complexity index is 823. The maximum atomic E-state index is 12.1. The average molecular weight is 328 g/mol. The maximum Gasteiger partial charge on any atom is 0.231 e. The van der Waals surface area contributed by atoms with Gasteiger partial charge < -0.3 is 18.4 Å². The summed E-state index contributed by atoms with van der Waals surface area (Å²) in [6, 6.07) is 10.4. The minimum Gasteiger partial charge on any atom is -0.493 e. The van der Waals surface area contributed by atoms with Crippen molar-refractivity contribution in [3.8, 4) is 23.0 Å². The highest BCUT2D eigenvalue weighted by molar-refractivity contribution is 5.91. The first kappa shape index (κ1) is 15.7. The molecule has 1 N–H and O–H groups in total. The number of amides is 1. The molecule has 0 unspecified atom stereocenters. The van der Waals surface area contributed by atoms with Crippen LogP contribution in [0.3, 0.4) is 0 Å². The normalized spacial score (nSPS) is 10.4. The molecule has 0 aliphatic heterocycles. The van der Waals surface area contributed by atoms with Crippen molar-refractivity contribution in [2.24, 2.45) is 0 Å². The molecular weight excluding hydrogens is 312 g/mol. The van der Waals surface area contributed by atoms with E-state index in [0.29, 0.717) is 23.0 Å². The molecule has 0 bridgehead atoms. The summed E-state index contributed by atoms with van der Waals surface area (Å²) in [4.78, 5) is 12.1. The first-order valence-electron chi connectivity index (χ1n) is 7.21. The van der Waals surface area contributed by atoms with Gasteiger partial charge in [-0.1, -0.05) is 11.2 Å². The van der Waals surface area contributed by atoms with Crippen molar-refractivity contribution in [2.75, 3.05) is 19.5 Å². The zero-order valence-corrected chi connectivity index (χ0v) is 13.2. The molecular formula is C17H16N2O5. The van der Waals surface area contributed by atoms with Crippen LogP contribution in [0.4, 0.5) is 5.88 Å². The highest BCUT2D eigenvalue weighted by Gasteiger charge is 2.13. The van der Waals surface area contributed by atoms with E-state index in [1.165, 1.54) is 0 Å². The van der Waals surface area contributed by atoms with Gasteiger partial charge in [0, 0.05) is 6.07 Å². The lowest BCUT2D eigenvalue weighted by Gasteiger charge is -2.09. The number of rotatable bonds is 6. The fraction of sp³-hybridized carbons (Fsp3) is 0.176. The molecule has 24 heavy (non-hydrogen) atoms. The quantitative estimate of drug-likeness (QED) is 0.748. The number of nitrogens with one attached hydrogen (secondary N) is 1. The summed E-state index contributed by atoms with van der Waals surface area (Å²) in [6.45, 7) is 0. The van der Waals surface area contributed by atoms with Gasteiger partial charge in [-0.15, -0.1) is 0 Å². The minimum atomic E-state index is -0.232. The Balaban J connectivity index is 1.65. The molecule has 1 amide bonds. The van der Waals surface area contributed by atoms with Crippen LogP contribution in [0.5, 0.6) is 11.5 Å². The van der Waals surface area contributed by atoms with Crippen molar-refractivity contribution in [1.29, 1.82) is 0 Å². The molecule has 1 aromatic carbocycles. The second kappa shape index (κ2) is 6.91. The predicted octanol–water partition coefficient (Wildman–Crippen LogP) is 3.13. The van der Waals surface area contributed by atoms with Crippen molar-refractivity contribution in [1.82, 2.24) is 5.16 Å². The van der Waals surface area contributed by atoms with Crippen LogP contribution in [-0.4, -0.2) is 25.3 Å². The van der Waals surface area contributed by atoms with Gasteiger partial charge >= 0.3 is 0 Å². The smallest absolute Gasteiger partial charge is 0.231 e. The molecule has 0 aliphatic rings. The molecule has 0 atom stereocenters. The van der Waals surface area contributed by atoms with Gasteiger partial charge in [-0.05, 0) is 29.8 Å². The van der Waals surface area contributed by atoms with Crippen LogP contribution in [0.25, 0.3) is 11.5 Å². The Morgan fingerprint density at radius 2 is 2.00 bits per heavy atom. The highest BCUT2D eigenvalue weighted by Crippen LogP contribution is 2.28. The molecule has 0 aliphatic carbocycles. The Hall–Kier alpha value is -3.22. The number of anilines is 1. The second-order valence-corrected chi connectivity index (χ2v) is 4.97. The van der Waals surface area contributed by atoms with Gasteiger partial charge in [0.1, 0.15) is 0 Å². The summed E-state index contributed by atoms with van der Waals surface area (Å²) in [5.74, 6) is 1.78. The van der Waals surface area contributed by atoms with Crippen LogP contribution in [0, 0.1) is 0 Å². The Kier molecular flexibility index (Phi) is 4.51. The molecule has 0 spiro atoms. The van der Waals surface area contributed by atoms with E-state index >= 15 is 0 Å². The van der Waals surface area contributed by atoms with Crippen LogP contribution >= 0.6 is 0 Å². The van der Waals surface area contributed by atoms with Crippen LogP contribution in [-0.2, 0) is 11.2 Å². The monoisotopic (exact) mass is 328 g/mol. The molecule has 3 aromatic rings. The number of hydrogen-bond acceptors (Lipinski definition) is 6. The average Bonchev–Trinajstić information content (AvgIpc) is 3.25. The molecule has 0 fully saturated rings. The molecule has 2 heterocycles. The summed E-state index contributed by atoms with van der Waals surface area (Å²) in [6.07, 6.45) is 1.70. The van der Waals surface area contributed by atoms with E-state index in [1.54, 1.807) is 56.9 Å². The third-order valence-corrected chi connectivity index (χ3v) is 3.36. The van der Waals surface area contributed by atoms with Crippen molar-refractivity contribution >= 4 is 11.8 Å². The van der Waals surface area contributed by atoms with E-state index < -0.39 is 0 Å². The number of benzene rings is 1. The van der Waals surface area contributed by atoms with Crippen molar-refractivity contribution in [3.63, 3.8) is 0 Å². The summed E-state index contributed by atoms with van der Waals surface area (Å²) in [7, 11) is 3.11. The number of ether oxygens (including phenoxy) is 2. The fourth-order valence-corrected chi connectivity index (χ4v) is 2.23. The first-order valence-corrected chi connectivity index (χ1v) is 7.21. The van der Waals surface area contributed by atoms with E-state index in [2.05, 4.69) is 10.5 Å². The van der Waals surface area contributed by atoms with Gasteiger partial charge in [-0.25, -0.2) is 0 Å². The maximum absolute atomic E-state index is 12.1. The number of furan rings is 1. The molecule has 2 aromatic heterocycles. The zero-order chi connectivity index (χ0) is 16.9. The van der Waals surface area contributed by atoms with Crippen LogP contribution in [0.1, 0.15) is 5.56 Å². The lowest BCUT2D eigenvalue weighted by molar-refractivity contribution is -0.115. The molecule has 0 saturated carbocycles. The van der Waals surface area contributed by atoms with Gasteiger partial charge in [-0.2, -0.15) is 0 Å². The van der Waals surface area contributed by atoms with E-state index in [9.17, 15) is 4.79 Å². The molecule has 124 valence electrons. The number of nitrogens with zero attached hydrogens (tertiary/aromatic N) is 1. The third-order valence-electron chi connectivity index (χ3n) is 3.36. The SMILES string of the molecule is COc1ccc(CC(=O)Nc2cc(-c3ccco3)no2)cc1OC. The minimum absolute atomic E-state index is 0.164. The number of hydrogen-bond donors (Lipinski definition) is 1. The molecule has 0 saturated heterocycles. The van der Waals surface area contributed by atoms with Gasteiger partial charge in [0.05, 0.1) is 26.9 Å². The van der Waals surface area contributed by atoms with E-state index in [4.69, 9.17) is 18.4 Å². The largest absolute Gasteiger partial charge is 0.493 e. The lowest BCUT2D eigenvalue weighted by Crippen LogP contribution is -2.14. The van der Waals surface area contributed by atoms with Gasteiger partial charge in [0.15, 0.2) is 23.0 Å². The summed E-state index contributed by atoms with van der Waals surface area (Å²) < 4.78 is 20.7. The number of aromatic nitrogens is 1. The van der Waals surface area contributed by atoms with Crippen LogP contribution in [0.2, 0.25) is 0 Å². The summed E-state index contributed by atoms with van der Waals surface area (Å²) in [5, 5.41) is 6.51. The predicted molar refractivity (Wildman–Crippen MR) is 86.1 cm³/mol. The zero-order valence-electron chi connectivity index (χ0n) is 13.2. The molecule has 0 radical (unpaired) electrons. The fourth-order valence-electron chi connectivity index (χ4n) is 2.23. The first-order chi connectivity index (χ1) is 11.7. The third kappa shape index (κ3) is 3.40. The van der Waals surface area contributed by atoms with Gasteiger partial charge in [0.25, 0.3) is 0 Å². The van der Waals surface area contributed by atoms with Crippen molar-refractivity contribution < 1.29 is 23.2 Å². The van der Waals surface area contributed by atoms with E-state index in [0.717, 1.165) is 5.56 Å². The van der Waals surface area contributed by atoms with Crippen LogP contribution in [0.15, 0.2) is 51.6 Å².